The van der Waals surface area contributed by atoms with E-state index in [9.17, 15) is 5.11 Å². The molecule has 0 spiro atoms. The molecule has 2 nitrogen and oxygen atoms in total. The number of hydrogen-bond acceptors (Lipinski definition) is 2. The summed E-state index contributed by atoms with van der Waals surface area (Å²) >= 11 is 0. The van der Waals surface area contributed by atoms with Crippen LogP contribution < -0.4 is 0 Å². The van der Waals surface area contributed by atoms with Crippen molar-refractivity contribution >= 4 is 0 Å². The van der Waals surface area contributed by atoms with Gasteiger partial charge in [0.05, 0.1) is 5.60 Å². The number of hydrogen-bond donors (Lipinski definition) is 1. The maximum atomic E-state index is 10.9. The minimum Gasteiger partial charge on any atom is -0.389 e. The van der Waals surface area contributed by atoms with Crippen LogP contribution in [0.25, 0.3) is 0 Å². The SMILES string of the molecule is Cc1ccc(C[C@@]2(O)C[C@H](C)N(C)C[C@@H]2C)cc1. The quantitative estimate of drug-likeness (QED) is 0.868. The first-order valence-corrected chi connectivity index (χ1v) is 6.89. The second-order valence-corrected chi connectivity index (χ2v) is 6.16. The molecule has 2 heteroatoms. The molecule has 2 rings (SSSR count). The Morgan fingerprint density at radius 1 is 1.28 bits per heavy atom. The normalized spacial score (nSPS) is 33.6. The molecular weight excluding hydrogens is 222 g/mol. The molecule has 1 heterocycles. The molecule has 18 heavy (non-hydrogen) atoms. The second kappa shape index (κ2) is 5.02. The first-order valence-electron chi connectivity index (χ1n) is 6.89. The van der Waals surface area contributed by atoms with Gasteiger partial charge in [-0.05, 0) is 38.8 Å². The van der Waals surface area contributed by atoms with E-state index in [1.54, 1.807) is 0 Å². The van der Waals surface area contributed by atoms with Crippen molar-refractivity contribution in [2.45, 2.75) is 45.3 Å². The molecule has 1 aromatic rings. The molecule has 3 atom stereocenters. The summed E-state index contributed by atoms with van der Waals surface area (Å²) in [6.45, 7) is 7.44. The van der Waals surface area contributed by atoms with E-state index in [0.29, 0.717) is 12.0 Å². The summed E-state index contributed by atoms with van der Waals surface area (Å²) in [6.07, 6.45) is 1.63. The van der Waals surface area contributed by atoms with Gasteiger partial charge in [0.25, 0.3) is 0 Å². The van der Waals surface area contributed by atoms with E-state index in [4.69, 9.17) is 0 Å². The molecule has 1 aromatic carbocycles. The van der Waals surface area contributed by atoms with Gasteiger partial charge in [0.15, 0.2) is 0 Å². The Kier molecular flexibility index (Phi) is 3.79. The zero-order valence-corrected chi connectivity index (χ0v) is 12.0. The van der Waals surface area contributed by atoms with Gasteiger partial charge >= 0.3 is 0 Å². The lowest BCUT2D eigenvalue weighted by Gasteiger charge is -2.46. The van der Waals surface area contributed by atoms with Crippen molar-refractivity contribution in [1.82, 2.24) is 4.90 Å². The van der Waals surface area contributed by atoms with E-state index in [0.717, 1.165) is 19.4 Å². The van der Waals surface area contributed by atoms with Crippen LogP contribution in [0.5, 0.6) is 0 Å². The van der Waals surface area contributed by atoms with Gasteiger partial charge < -0.3 is 10.0 Å². The number of likely N-dealkylation sites (tertiary alicyclic amines) is 1. The van der Waals surface area contributed by atoms with Crippen LogP contribution >= 0.6 is 0 Å². The molecule has 0 radical (unpaired) electrons. The first kappa shape index (κ1) is 13.6. The number of piperidine rings is 1. The Morgan fingerprint density at radius 3 is 2.50 bits per heavy atom. The summed E-state index contributed by atoms with van der Waals surface area (Å²) in [5, 5.41) is 10.9. The number of rotatable bonds is 2. The van der Waals surface area contributed by atoms with Crippen molar-refractivity contribution in [3.63, 3.8) is 0 Å². The van der Waals surface area contributed by atoms with E-state index >= 15 is 0 Å². The summed E-state index contributed by atoms with van der Waals surface area (Å²) < 4.78 is 0. The lowest BCUT2D eigenvalue weighted by Crippen LogP contribution is -2.54. The summed E-state index contributed by atoms with van der Waals surface area (Å²) in [5.41, 5.74) is 1.96. The van der Waals surface area contributed by atoms with Crippen molar-refractivity contribution in [2.24, 2.45) is 5.92 Å². The Balaban J connectivity index is 2.13. The third-order valence-electron chi connectivity index (χ3n) is 4.51. The fourth-order valence-electron chi connectivity index (χ4n) is 2.96. The standard InChI is InChI=1S/C16H25NO/c1-12-5-7-15(8-6-12)10-16(18)9-14(3)17(4)11-13(16)2/h5-8,13-14,18H,9-11H2,1-4H3/t13-,14-,16-/m0/s1. The maximum Gasteiger partial charge on any atom is 0.0740 e. The molecule has 0 aromatic heterocycles. The molecule has 1 aliphatic rings. The van der Waals surface area contributed by atoms with Gasteiger partial charge in [-0.2, -0.15) is 0 Å². The van der Waals surface area contributed by atoms with Gasteiger partial charge in [-0.1, -0.05) is 36.8 Å². The van der Waals surface area contributed by atoms with E-state index in [-0.39, 0.29) is 0 Å². The Morgan fingerprint density at radius 2 is 1.89 bits per heavy atom. The molecule has 100 valence electrons. The van der Waals surface area contributed by atoms with Crippen LogP contribution in [0, 0.1) is 12.8 Å². The van der Waals surface area contributed by atoms with E-state index < -0.39 is 5.60 Å². The van der Waals surface area contributed by atoms with Crippen LogP contribution in [0.4, 0.5) is 0 Å². The van der Waals surface area contributed by atoms with Crippen LogP contribution in [-0.2, 0) is 6.42 Å². The fourth-order valence-corrected chi connectivity index (χ4v) is 2.96. The third kappa shape index (κ3) is 2.76. The Bertz CT molecular complexity index is 400. The van der Waals surface area contributed by atoms with Gasteiger partial charge in [-0.3, -0.25) is 0 Å². The van der Waals surface area contributed by atoms with Crippen LogP contribution in [0.15, 0.2) is 24.3 Å². The molecule has 1 N–H and O–H groups in total. The minimum absolute atomic E-state index is 0.319. The molecule has 0 aliphatic carbocycles. The van der Waals surface area contributed by atoms with Crippen LogP contribution in [0.2, 0.25) is 0 Å². The van der Waals surface area contributed by atoms with Crippen molar-refractivity contribution in [1.29, 1.82) is 0 Å². The molecule has 0 saturated carbocycles. The van der Waals surface area contributed by atoms with E-state index in [2.05, 4.69) is 57.0 Å². The first-order chi connectivity index (χ1) is 8.40. The van der Waals surface area contributed by atoms with Crippen molar-refractivity contribution in [3.8, 4) is 0 Å². The average molecular weight is 247 g/mol. The zero-order valence-electron chi connectivity index (χ0n) is 12.0. The van der Waals surface area contributed by atoms with Crippen molar-refractivity contribution in [3.05, 3.63) is 35.4 Å². The maximum absolute atomic E-state index is 10.9. The highest BCUT2D eigenvalue weighted by molar-refractivity contribution is 5.23. The van der Waals surface area contributed by atoms with E-state index in [1.807, 2.05) is 0 Å². The highest BCUT2D eigenvalue weighted by Crippen LogP contribution is 2.33. The predicted molar refractivity (Wildman–Crippen MR) is 75.7 cm³/mol. The predicted octanol–water partition coefficient (Wildman–Crippen LogP) is 2.63. The number of nitrogens with zero attached hydrogens (tertiary/aromatic N) is 1. The smallest absolute Gasteiger partial charge is 0.0740 e. The van der Waals surface area contributed by atoms with Gasteiger partial charge in [0.2, 0.25) is 0 Å². The van der Waals surface area contributed by atoms with Gasteiger partial charge in [-0.25, -0.2) is 0 Å². The molecule has 0 amide bonds. The van der Waals surface area contributed by atoms with Crippen molar-refractivity contribution in [2.75, 3.05) is 13.6 Å². The molecule has 1 saturated heterocycles. The number of benzene rings is 1. The van der Waals surface area contributed by atoms with Gasteiger partial charge in [0.1, 0.15) is 0 Å². The fraction of sp³-hybridized carbons (Fsp3) is 0.625. The average Bonchev–Trinajstić information content (AvgIpc) is 2.30. The molecule has 1 fully saturated rings. The highest BCUT2D eigenvalue weighted by atomic mass is 16.3. The summed E-state index contributed by atoms with van der Waals surface area (Å²) in [4.78, 5) is 2.34. The van der Waals surface area contributed by atoms with E-state index in [1.165, 1.54) is 11.1 Å². The molecule has 0 bridgehead atoms. The molecular formula is C16H25NO. The zero-order chi connectivity index (χ0) is 13.3. The lowest BCUT2D eigenvalue weighted by molar-refractivity contribution is -0.0778. The summed E-state index contributed by atoms with van der Waals surface area (Å²) in [6, 6.07) is 8.99. The Labute approximate surface area is 111 Å². The monoisotopic (exact) mass is 247 g/mol. The largest absolute Gasteiger partial charge is 0.389 e. The van der Waals surface area contributed by atoms with Crippen LogP contribution in [0.3, 0.4) is 0 Å². The molecule has 1 aliphatic heterocycles. The minimum atomic E-state index is -0.554. The Hall–Kier alpha value is -0.860. The topological polar surface area (TPSA) is 23.5 Å². The third-order valence-corrected chi connectivity index (χ3v) is 4.51. The van der Waals surface area contributed by atoms with Gasteiger partial charge in [0, 0.05) is 19.0 Å². The van der Waals surface area contributed by atoms with Crippen molar-refractivity contribution < 1.29 is 5.11 Å². The summed E-state index contributed by atoms with van der Waals surface area (Å²) in [7, 11) is 2.15. The second-order valence-electron chi connectivity index (χ2n) is 6.16. The number of aryl methyl sites for hydroxylation is 1. The van der Waals surface area contributed by atoms with Crippen LogP contribution in [-0.4, -0.2) is 35.2 Å². The molecule has 0 unspecified atom stereocenters. The van der Waals surface area contributed by atoms with Gasteiger partial charge in [-0.15, -0.1) is 0 Å². The highest BCUT2D eigenvalue weighted by Gasteiger charge is 2.40. The van der Waals surface area contributed by atoms with Crippen LogP contribution in [0.1, 0.15) is 31.4 Å². The summed E-state index contributed by atoms with van der Waals surface area (Å²) in [5.74, 6) is 0.319. The number of aliphatic hydroxyl groups is 1. The lowest BCUT2D eigenvalue weighted by atomic mass is 9.75.